The summed E-state index contributed by atoms with van der Waals surface area (Å²) in [6.45, 7) is 1.86. The Morgan fingerprint density at radius 1 is 0.931 bits per heavy atom. The van der Waals surface area contributed by atoms with Crippen LogP contribution in [0.4, 0.5) is 0 Å². The molecule has 3 aromatic carbocycles. The molecular formula is C22H21ClN2O3S. The van der Waals surface area contributed by atoms with Crippen LogP contribution in [0.15, 0.2) is 84.9 Å². The van der Waals surface area contributed by atoms with Crippen molar-refractivity contribution in [2.75, 3.05) is 0 Å². The Morgan fingerprint density at radius 3 is 2.00 bits per heavy atom. The number of rotatable bonds is 7. The van der Waals surface area contributed by atoms with Crippen LogP contribution in [0.2, 0.25) is 5.02 Å². The van der Waals surface area contributed by atoms with E-state index in [9.17, 15) is 13.6 Å². The summed E-state index contributed by atoms with van der Waals surface area (Å²) < 4.78 is 24.2. The van der Waals surface area contributed by atoms with Crippen LogP contribution in [-0.2, 0) is 21.6 Å². The zero-order chi connectivity index (χ0) is 20.9. The predicted octanol–water partition coefficient (Wildman–Crippen LogP) is 4.19. The van der Waals surface area contributed by atoms with Gasteiger partial charge in [-0.25, -0.2) is 4.21 Å². The molecule has 0 bridgehead atoms. The lowest BCUT2D eigenvalue weighted by molar-refractivity contribution is -0.126. The topological polar surface area (TPSA) is 78.4 Å². The lowest BCUT2D eigenvalue weighted by atomic mass is 9.82. The molecule has 3 atom stereocenters. The second-order valence-electron chi connectivity index (χ2n) is 6.58. The first-order valence-electron chi connectivity index (χ1n) is 8.99. The Hall–Kier alpha value is -2.51. The predicted molar refractivity (Wildman–Crippen MR) is 116 cm³/mol. The van der Waals surface area contributed by atoms with Crippen molar-refractivity contribution in [3.8, 4) is 0 Å². The van der Waals surface area contributed by atoms with Crippen LogP contribution < -0.4 is 10.0 Å². The molecule has 0 aromatic heterocycles. The van der Waals surface area contributed by atoms with Gasteiger partial charge in [-0.2, -0.15) is 4.72 Å². The maximum Gasteiger partial charge on any atom is 0.251 e. The second kappa shape index (κ2) is 9.33. The Bertz CT molecular complexity index is 984. The quantitative estimate of drug-likeness (QED) is 0.494. The molecule has 0 aliphatic carbocycles. The van der Waals surface area contributed by atoms with Crippen molar-refractivity contribution >= 4 is 28.8 Å². The highest BCUT2D eigenvalue weighted by atomic mass is 35.5. The first-order valence-corrected chi connectivity index (χ1v) is 10.5. The van der Waals surface area contributed by atoms with Crippen molar-refractivity contribution in [1.29, 1.82) is 0 Å². The van der Waals surface area contributed by atoms with Gasteiger partial charge in [-0.15, -0.1) is 0 Å². The van der Waals surface area contributed by atoms with E-state index >= 15 is 0 Å². The van der Waals surface area contributed by atoms with Crippen LogP contribution in [0.5, 0.6) is 0 Å². The molecule has 0 fully saturated rings. The van der Waals surface area contributed by atoms with Crippen LogP contribution >= 0.6 is 11.6 Å². The summed E-state index contributed by atoms with van der Waals surface area (Å²) in [5.74, 6) is -0.454. The fraction of sp³-hybridized carbons (Fsp3) is 0.136. The molecule has 1 amide bonds. The summed E-state index contributed by atoms with van der Waals surface area (Å²) in [5, 5.41) is 3.47. The SMILES string of the molecule is CC(NC(=O)C(NS(=O)O)(c1ccccc1)c1ccc(Cl)cc1)c1ccccc1. The van der Waals surface area contributed by atoms with Gasteiger partial charge in [0, 0.05) is 5.02 Å². The molecule has 0 saturated carbocycles. The van der Waals surface area contributed by atoms with Crippen molar-refractivity contribution in [1.82, 2.24) is 10.0 Å². The molecule has 150 valence electrons. The van der Waals surface area contributed by atoms with Crippen molar-refractivity contribution in [3.63, 3.8) is 0 Å². The smallest absolute Gasteiger partial charge is 0.251 e. The van der Waals surface area contributed by atoms with Gasteiger partial charge in [0.2, 0.25) is 11.3 Å². The standard InChI is InChI=1S/C22H21ClN2O3S/c1-16(17-8-4-2-5-9-17)24-21(26)22(25-29(27)28,18-10-6-3-7-11-18)19-12-14-20(23)15-13-19/h2-16,25H,1H3,(H,24,26)(H,27,28). The minimum Gasteiger partial charge on any atom is -0.347 e. The van der Waals surface area contributed by atoms with E-state index in [1.165, 1.54) is 0 Å². The van der Waals surface area contributed by atoms with Gasteiger partial charge in [-0.05, 0) is 35.7 Å². The Kier molecular flexibility index (Phi) is 6.82. The molecule has 0 aliphatic heterocycles. The molecule has 3 unspecified atom stereocenters. The average Bonchev–Trinajstić information content (AvgIpc) is 2.73. The third-order valence-corrected chi connectivity index (χ3v) is 5.44. The van der Waals surface area contributed by atoms with Crippen molar-refractivity contribution in [2.24, 2.45) is 0 Å². The maximum absolute atomic E-state index is 13.6. The molecule has 3 aromatic rings. The Balaban J connectivity index is 2.11. The minimum atomic E-state index is -2.47. The summed E-state index contributed by atoms with van der Waals surface area (Å²) in [7, 11) is 0. The average molecular weight is 429 g/mol. The molecule has 29 heavy (non-hydrogen) atoms. The second-order valence-corrected chi connectivity index (χ2v) is 7.72. The van der Waals surface area contributed by atoms with E-state index < -0.39 is 22.7 Å². The van der Waals surface area contributed by atoms with Crippen LogP contribution in [-0.4, -0.2) is 14.7 Å². The number of carbonyl (C=O) groups is 1. The molecule has 3 rings (SSSR count). The molecule has 0 radical (unpaired) electrons. The fourth-order valence-electron chi connectivity index (χ4n) is 3.24. The highest BCUT2D eigenvalue weighted by Crippen LogP contribution is 2.32. The molecule has 0 spiro atoms. The maximum atomic E-state index is 13.6. The van der Waals surface area contributed by atoms with Crippen LogP contribution in [0.1, 0.15) is 29.7 Å². The summed E-state index contributed by atoms with van der Waals surface area (Å²) in [4.78, 5) is 13.6. The third-order valence-electron chi connectivity index (χ3n) is 4.71. The summed E-state index contributed by atoms with van der Waals surface area (Å²) >= 11 is 3.56. The normalized spacial score (nSPS) is 15.1. The molecule has 3 N–H and O–H groups in total. The van der Waals surface area contributed by atoms with E-state index in [2.05, 4.69) is 10.0 Å². The van der Waals surface area contributed by atoms with Gasteiger partial charge in [0.05, 0.1) is 6.04 Å². The van der Waals surface area contributed by atoms with Gasteiger partial charge in [0.25, 0.3) is 5.91 Å². The summed E-state index contributed by atoms with van der Waals surface area (Å²) in [6, 6.07) is 24.7. The van der Waals surface area contributed by atoms with Crippen molar-refractivity contribution in [3.05, 3.63) is 107 Å². The zero-order valence-corrected chi connectivity index (χ0v) is 17.3. The Morgan fingerprint density at radius 2 is 1.45 bits per heavy atom. The Labute approximate surface area is 177 Å². The molecule has 0 saturated heterocycles. The van der Waals surface area contributed by atoms with E-state index in [-0.39, 0.29) is 6.04 Å². The van der Waals surface area contributed by atoms with Gasteiger partial charge in [-0.3, -0.25) is 9.35 Å². The first-order chi connectivity index (χ1) is 13.9. The van der Waals surface area contributed by atoms with Crippen molar-refractivity contribution < 1.29 is 13.6 Å². The molecular weight excluding hydrogens is 408 g/mol. The van der Waals surface area contributed by atoms with E-state index in [0.29, 0.717) is 16.1 Å². The van der Waals surface area contributed by atoms with E-state index in [1.807, 2.05) is 43.3 Å². The molecule has 7 heteroatoms. The van der Waals surface area contributed by atoms with Crippen LogP contribution in [0.3, 0.4) is 0 Å². The monoisotopic (exact) mass is 428 g/mol. The van der Waals surface area contributed by atoms with E-state index in [4.69, 9.17) is 11.6 Å². The largest absolute Gasteiger partial charge is 0.347 e. The zero-order valence-electron chi connectivity index (χ0n) is 15.7. The first kappa shape index (κ1) is 21.2. The number of halogens is 1. The fourth-order valence-corrected chi connectivity index (χ4v) is 3.96. The summed E-state index contributed by atoms with van der Waals surface area (Å²) in [6.07, 6.45) is 0. The van der Waals surface area contributed by atoms with Crippen molar-refractivity contribution in [2.45, 2.75) is 18.5 Å². The third kappa shape index (κ3) is 4.74. The number of hydrogen-bond donors (Lipinski definition) is 3. The molecule has 5 nitrogen and oxygen atoms in total. The molecule has 0 heterocycles. The van der Waals surface area contributed by atoms with Gasteiger partial charge >= 0.3 is 0 Å². The molecule has 0 aliphatic rings. The lowest BCUT2D eigenvalue weighted by Crippen LogP contribution is -2.56. The van der Waals surface area contributed by atoms with Gasteiger partial charge < -0.3 is 5.32 Å². The number of benzene rings is 3. The van der Waals surface area contributed by atoms with Gasteiger partial charge in [0.1, 0.15) is 0 Å². The lowest BCUT2D eigenvalue weighted by Gasteiger charge is -2.34. The number of carbonyl (C=O) groups excluding carboxylic acids is 1. The number of nitrogens with one attached hydrogen (secondary N) is 2. The van der Waals surface area contributed by atoms with Gasteiger partial charge in [0.15, 0.2) is 5.54 Å². The van der Waals surface area contributed by atoms with Crippen LogP contribution in [0, 0.1) is 0 Å². The van der Waals surface area contributed by atoms with Gasteiger partial charge in [-0.1, -0.05) is 84.4 Å². The van der Waals surface area contributed by atoms with E-state index in [1.54, 1.807) is 48.5 Å². The highest BCUT2D eigenvalue weighted by Gasteiger charge is 2.44. The summed E-state index contributed by atoms with van der Waals surface area (Å²) in [5.41, 5.74) is 0.355. The number of amides is 1. The van der Waals surface area contributed by atoms with Crippen LogP contribution in [0.25, 0.3) is 0 Å². The minimum absolute atomic E-state index is 0.312. The number of hydrogen-bond acceptors (Lipinski definition) is 2. The highest BCUT2D eigenvalue weighted by molar-refractivity contribution is 7.77. The van der Waals surface area contributed by atoms with E-state index in [0.717, 1.165) is 5.56 Å².